The van der Waals surface area contributed by atoms with Crippen LogP contribution in [0.1, 0.15) is 20.3 Å². The smallest absolute Gasteiger partial charge is 0.212 e. The van der Waals surface area contributed by atoms with E-state index in [4.69, 9.17) is 10.5 Å². The molecule has 0 atom stereocenters. The quantitative estimate of drug-likeness (QED) is 0.551. The predicted molar refractivity (Wildman–Crippen MR) is 61.1 cm³/mol. The summed E-state index contributed by atoms with van der Waals surface area (Å²) in [4.78, 5) is 0. The van der Waals surface area contributed by atoms with Crippen molar-refractivity contribution in [2.75, 3.05) is 32.1 Å². The molecule has 0 heterocycles. The maximum absolute atomic E-state index is 11.1. The predicted octanol–water partition coefficient (Wildman–Crippen LogP) is -0.0728. The highest BCUT2D eigenvalue weighted by Gasteiger charge is 2.06. The molecule has 0 aliphatic rings. The Hall–Kier alpha value is -0.170. The molecule has 0 spiro atoms. The third-order valence-electron chi connectivity index (χ3n) is 1.63. The van der Waals surface area contributed by atoms with Gasteiger partial charge in [-0.25, -0.2) is 13.1 Å². The van der Waals surface area contributed by atoms with Crippen molar-refractivity contribution >= 4 is 10.0 Å². The average molecular weight is 238 g/mol. The second-order valence-electron chi connectivity index (χ2n) is 3.82. The Morgan fingerprint density at radius 3 is 2.60 bits per heavy atom. The average Bonchev–Trinajstić information content (AvgIpc) is 2.10. The van der Waals surface area contributed by atoms with Gasteiger partial charge in [-0.05, 0) is 12.3 Å². The van der Waals surface area contributed by atoms with E-state index >= 15 is 0 Å². The van der Waals surface area contributed by atoms with Crippen molar-refractivity contribution in [1.29, 1.82) is 0 Å². The summed E-state index contributed by atoms with van der Waals surface area (Å²) in [6, 6.07) is 0. The Morgan fingerprint density at radius 1 is 1.40 bits per heavy atom. The van der Waals surface area contributed by atoms with Crippen molar-refractivity contribution in [3.05, 3.63) is 0 Å². The molecule has 0 amide bonds. The van der Waals surface area contributed by atoms with Crippen LogP contribution in [0.5, 0.6) is 0 Å². The van der Waals surface area contributed by atoms with E-state index in [9.17, 15) is 8.42 Å². The van der Waals surface area contributed by atoms with Gasteiger partial charge in [-0.2, -0.15) is 0 Å². The van der Waals surface area contributed by atoms with Gasteiger partial charge < -0.3 is 10.5 Å². The molecule has 0 radical (unpaired) electrons. The lowest BCUT2D eigenvalue weighted by Gasteiger charge is -2.07. The summed E-state index contributed by atoms with van der Waals surface area (Å²) in [6.45, 7) is 6.02. The second kappa shape index (κ2) is 8.04. The van der Waals surface area contributed by atoms with Crippen molar-refractivity contribution in [3.8, 4) is 0 Å². The Kier molecular flexibility index (Phi) is 7.95. The van der Waals surface area contributed by atoms with Crippen LogP contribution in [0.3, 0.4) is 0 Å². The summed E-state index contributed by atoms with van der Waals surface area (Å²) in [7, 11) is -3.17. The fraction of sp³-hybridized carbons (Fsp3) is 1.00. The molecule has 0 fully saturated rings. The van der Waals surface area contributed by atoms with Crippen molar-refractivity contribution in [2.45, 2.75) is 20.3 Å². The molecule has 0 rings (SSSR count). The molecule has 0 saturated heterocycles. The van der Waals surface area contributed by atoms with Crippen LogP contribution in [0.15, 0.2) is 0 Å². The number of ether oxygens (including phenoxy) is 1. The molecule has 0 aliphatic heterocycles. The van der Waals surface area contributed by atoms with Crippen molar-refractivity contribution in [3.63, 3.8) is 0 Å². The molecule has 0 aromatic rings. The summed E-state index contributed by atoms with van der Waals surface area (Å²) in [5.74, 6) is 0.499. The van der Waals surface area contributed by atoms with Crippen molar-refractivity contribution < 1.29 is 13.2 Å². The molecule has 5 nitrogen and oxygen atoms in total. The fourth-order valence-electron chi connectivity index (χ4n) is 0.948. The number of sulfonamides is 1. The molecule has 0 aliphatic carbocycles. The topological polar surface area (TPSA) is 81.4 Å². The highest BCUT2D eigenvalue weighted by Crippen LogP contribution is 1.93. The van der Waals surface area contributed by atoms with E-state index in [0.29, 0.717) is 25.5 Å². The van der Waals surface area contributed by atoms with Crippen molar-refractivity contribution in [1.82, 2.24) is 4.72 Å². The fourth-order valence-corrected chi connectivity index (χ4v) is 1.86. The lowest BCUT2D eigenvalue weighted by atomic mass is 10.2. The Bertz CT molecular complexity index is 240. The molecular weight excluding hydrogens is 216 g/mol. The van der Waals surface area contributed by atoms with Crippen LogP contribution in [-0.2, 0) is 14.8 Å². The van der Waals surface area contributed by atoms with Gasteiger partial charge in [0, 0.05) is 26.3 Å². The summed E-state index contributed by atoms with van der Waals surface area (Å²) in [6.07, 6.45) is 0.691. The van der Waals surface area contributed by atoms with Crippen LogP contribution in [0.25, 0.3) is 0 Å². The van der Waals surface area contributed by atoms with Gasteiger partial charge >= 0.3 is 0 Å². The molecule has 0 bridgehead atoms. The van der Waals surface area contributed by atoms with E-state index < -0.39 is 10.0 Å². The zero-order valence-electron chi connectivity index (χ0n) is 9.53. The molecular formula is C9H22N2O3S. The third-order valence-corrected chi connectivity index (χ3v) is 3.04. The molecule has 3 N–H and O–H groups in total. The van der Waals surface area contributed by atoms with Crippen LogP contribution in [0, 0.1) is 5.92 Å². The molecule has 0 unspecified atom stereocenters. The standard InChI is InChI=1S/C9H22N2O3S/c1-9(2)8-14-6-3-5-11-15(12,13)7-4-10/h9,11H,3-8,10H2,1-2H3. The minimum absolute atomic E-state index is 0.0140. The SMILES string of the molecule is CC(C)COCCCNS(=O)(=O)CCN. The van der Waals surface area contributed by atoms with E-state index in [-0.39, 0.29) is 12.3 Å². The van der Waals surface area contributed by atoms with Crippen molar-refractivity contribution in [2.24, 2.45) is 11.7 Å². The molecule has 0 aromatic carbocycles. The lowest BCUT2D eigenvalue weighted by molar-refractivity contribution is 0.108. The van der Waals surface area contributed by atoms with E-state index in [1.165, 1.54) is 0 Å². The van der Waals surface area contributed by atoms with Gasteiger partial charge in [-0.3, -0.25) is 0 Å². The lowest BCUT2D eigenvalue weighted by Crippen LogP contribution is -2.31. The number of hydrogen-bond donors (Lipinski definition) is 2. The second-order valence-corrected chi connectivity index (χ2v) is 5.75. The molecule has 0 aromatic heterocycles. The summed E-state index contributed by atoms with van der Waals surface area (Å²) >= 11 is 0. The summed E-state index contributed by atoms with van der Waals surface area (Å²) in [5, 5.41) is 0. The number of hydrogen-bond acceptors (Lipinski definition) is 4. The highest BCUT2D eigenvalue weighted by atomic mass is 32.2. The minimum atomic E-state index is -3.17. The van der Waals surface area contributed by atoms with Crippen LogP contribution in [-0.4, -0.2) is 40.5 Å². The van der Waals surface area contributed by atoms with E-state index in [1.807, 2.05) is 0 Å². The van der Waals surface area contributed by atoms with Crippen LogP contribution in [0.4, 0.5) is 0 Å². The number of nitrogens with one attached hydrogen (secondary N) is 1. The first kappa shape index (κ1) is 14.8. The van der Waals surface area contributed by atoms with Gasteiger partial charge in [-0.15, -0.1) is 0 Å². The first-order chi connectivity index (χ1) is 6.98. The first-order valence-electron chi connectivity index (χ1n) is 5.23. The largest absolute Gasteiger partial charge is 0.381 e. The highest BCUT2D eigenvalue weighted by molar-refractivity contribution is 7.89. The Balaban J connectivity index is 3.38. The molecule has 92 valence electrons. The number of nitrogens with two attached hydrogens (primary N) is 1. The molecule has 0 saturated carbocycles. The van der Waals surface area contributed by atoms with Crippen LogP contribution < -0.4 is 10.5 Å². The van der Waals surface area contributed by atoms with Crippen LogP contribution in [0.2, 0.25) is 0 Å². The monoisotopic (exact) mass is 238 g/mol. The maximum Gasteiger partial charge on any atom is 0.212 e. The minimum Gasteiger partial charge on any atom is -0.381 e. The maximum atomic E-state index is 11.1. The van der Waals surface area contributed by atoms with E-state index in [0.717, 1.165) is 6.61 Å². The van der Waals surface area contributed by atoms with Gasteiger partial charge in [-0.1, -0.05) is 13.8 Å². The van der Waals surface area contributed by atoms with Gasteiger partial charge in [0.1, 0.15) is 0 Å². The van der Waals surface area contributed by atoms with Gasteiger partial charge in [0.05, 0.1) is 5.75 Å². The summed E-state index contributed by atoms with van der Waals surface area (Å²) < 4.78 is 30.0. The Morgan fingerprint density at radius 2 is 2.07 bits per heavy atom. The summed E-state index contributed by atoms with van der Waals surface area (Å²) in [5.41, 5.74) is 5.16. The van der Waals surface area contributed by atoms with Crippen LogP contribution >= 0.6 is 0 Å². The molecule has 15 heavy (non-hydrogen) atoms. The third kappa shape index (κ3) is 10.1. The normalized spacial score (nSPS) is 12.3. The first-order valence-corrected chi connectivity index (χ1v) is 6.88. The van der Waals surface area contributed by atoms with Gasteiger partial charge in [0.2, 0.25) is 10.0 Å². The Labute approximate surface area is 92.4 Å². The number of rotatable bonds is 9. The van der Waals surface area contributed by atoms with E-state index in [2.05, 4.69) is 18.6 Å². The zero-order valence-corrected chi connectivity index (χ0v) is 10.3. The van der Waals surface area contributed by atoms with Gasteiger partial charge in [0.25, 0.3) is 0 Å². The van der Waals surface area contributed by atoms with E-state index in [1.54, 1.807) is 0 Å². The zero-order chi connectivity index (χ0) is 11.7. The molecule has 6 heteroatoms. The van der Waals surface area contributed by atoms with Gasteiger partial charge in [0.15, 0.2) is 0 Å².